The largest absolute Gasteiger partial charge is 0.341 e. The number of rotatable bonds is 6. The van der Waals surface area contributed by atoms with Crippen LogP contribution in [0, 0.1) is 19.8 Å². The molecule has 26 heavy (non-hydrogen) atoms. The van der Waals surface area contributed by atoms with Crippen LogP contribution < -0.4 is 10.6 Å². The standard InChI is InChI=1S/C19H26N4O2S/c1-12(2)11-23-14(4)13(3)21-19(23)26-16(15-9-7-6-8-10-15)17(24)22-18(25)20-5/h6-10,12,16H,11H2,1-5H3,(H2,20,22,24,25)/t16-/m1/s1. The van der Waals surface area contributed by atoms with Crippen molar-refractivity contribution in [3.63, 3.8) is 0 Å². The second-order valence-corrected chi connectivity index (χ2v) is 7.62. The lowest BCUT2D eigenvalue weighted by Gasteiger charge is -2.18. The van der Waals surface area contributed by atoms with Crippen molar-refractivity contribution in [1.82, 2.24) is 20.2 Å². The lowest BCUT2D eigenvalue weighted by atomic mass is 10.1. The molecule has 0 saturated heterocycles. The predicted octanol–water partition coefficient (Wildman–Crippen LogP) is 3.44. The van der Waals surface area contributed by atoms with Crippen molar-refractivity contribution in [2.45, 2.75) is 44.6 Å². The van der Waals surface area contributed by atoms with Crippen molar-refractivity contribution < 1.29 is 9.59 Å². The number of nitrogens with zero attached hydrogens (tertiary/aromatic N) is 2. The van der Waals surface area contributed by atoms with Crippen LogP contribution in [0.5, 0.6) is 0 Å². The number of imide groups is 1. The highest BCUT2D eigenvalue weighted by Crippen LogP contribution is 2.36. The fraction of sp³-hybridized carbons (Fsp3) is 0.421. The summed E-state index contributed by atoms with van der Waals surface area (Å²) in [6, 6.07) is 8.91. The van der Waals surface area contributed by atoms with E-state index < -0.39 is 11.3 Å². The van der Waals surface area contributed by atoms with Gasteiger partial charge in [0.1, 0.15) is 5.25 Å². The van der Waals surface area contributed by atoms with Gasteiger partial charge >= 0.3 is 6.03 Å². The first-order chi connectivity index (χ1) is 12.3. The van der Waals surface area contributed by atoms with Crippen LogP contribution in [0.25, 0.3) is 0 Å². The molecule has 2 N–H and O–H groups in total. The van der Waals surface area contributed by atoms with Crippen LogP contribution in [0.2, 0.25) is 0 Å². The Morgan fingerprint density at radius 2 is 1.85 bits per heavy atom. The summed E-state index contributed by atoms with van der Waals surface area (Å²) in [4.78, 5) is 29.0. The molecule has 0 bridgehead atoms. The normalized spacial score (nSPS) is 12.1. The first-order valence-corrected chi connectivity index (χ1v) is 9.49. The lowest BCUT2D eigenvalue weighted by Crippen LogP contribution is -2.39. The van der Waals surface area contributed by atoms with E-state index in [1.165, 1.54) is 18.8 Å². The molecule has 6 nitrogen and oxygen atoms in total. The van der Waals surface area contributed by atoms with Gasteiger partial charge in [-0.1, -0.05) is 55.9 Å². The predicted molar refractivity (Wildman–Crippen MR) is 104 cm³/mol. The Labute approximate surface area is 158 Å². The zero-order valence-electron chi connectivity index (χ0n) is 15.9. The molecule has 0 saturated carbocycles. The highest BCUT2D eigenvalue weighted by atomic mass is 32.2. The van der Waals surface area contributed by atoms with Gasteiger partial charge in [-0.05, 0) is 25.3 Å². The summed E-state index contributed by atoms with van der Waals surface area (Å²) in [5, 5.41) is 5.02. The van der Waals surface area contributed by atoms with E-state index in [2.05, 4.69) is 34.0 Å². The van der Waals surface area contributed by atoms with Gasteiger partial charge in [0.25, 0.3) is 0 Å². The van der Waals surface area contributed by atoms with Gasteiger partial charge in [0, 0.05) is 19.3 Å². The Kier molecular flexibility index (Phi) is 6.85. The van der Waals surface area contributed by atoms with E-state index in [0.717, 1.165) is 28.7 Å². The van der Waals surface area contributed by atoms with Gasteiger partial charge in [-0.3, -0.25) is 10.1 Å². The van der Waals surface area contributed by atoms with Crippen molar-refractivity contribution >= 4 is 23.7 Å². The van der Waals surface area contributed by atoms with Crippen LogP contribution in [-0.2, 0) is 11.3 Å². The number of carbonyl (C=O) groups excluding carboxylic acids is 2. The molecule has 0 aliphatic carbocycles. The average Bonchev–Trinajstić information content (AvgIpc) is 2.87. The number of carbonyl (C=O) groups is 2. The molecular weight excluding hydrogens is 348 g/mol. The minimum Gasteiger partial charge on any atom is -0.341 e. The molecule has 2 aromatic rings. The lowest BCUT2D eigenvalue weighted by molar-refractivity contribution is -0.119. The number of nitrogens with one attached hydrogen (secondary N) is 2. The van der Waals surface area contributed by atoms with Gasteiger partial charge in [-0.15, -0.1) is 0 Å². The van der Waals surface area contributed by atoms with Crippen LogP contribution in [0.4, 0.5) is 4.79 Å². The highest BCUT2D eigenvalue weighted by molar-refractivity contribution is 8.00. The Bertz CT molecular complexity index is 771. The van der Waals surface area contributed by atoms with E-state index in [1.807, 2.05) is 44.2 Å². The fourth-order valence-electron chi connectivity index (χ4n) is 2.54. The first kappa shape index (κ1) is 20.0. The maximum atomic E-state index is 12.7. The SMILES string of the molecule is CNC(=O)NC(=O)[C@H](Sc1nc(C)c(C)n1CC(C)C)c1ccccc1. The van der Waals surface area contributed by atoms with Gasteiger partial charge in [-0.25, -0.2) is 9.78 Å². The number of thioether (sulfide) groups is 1. The summed E-state index contributed by atoms with van der Waals surface area (Å²) in [7, 11) is 1.48. The molecule has 1 atom stereocenters. The molecule has 0 unspecified atom stereocenters. The van der Waals surface area contributed by atoms with E-state index in [9.17, 15) is 9.59 Å². The molecule has 0 fully saturated rings. The van der Waals surface area contributed by atoms with Crippen LogP contribution in [0.15, 0.2) is 35.5 Å². The molecule has 140 valence electrons. The second kappa shape index (κ2) is 8.89. The smallest absolute Gasteiger partial charge is 0.321 e. The van der Waals surface area contributed by atoms with Gasteiger partial charge in [0.15, 0.2) is 5.16 Å². The Balaban J connectivity index is 2.37. The maximum absolute atomic E-state index is 12.7. The molecule has 1 aromatic heterocycles. The molecule has 1 heterocycles. The molecule has 7 heteroatoms. The quantitative estimate of drug-likeness (QED) is 0.760. The zero-order chi connectivity index (χ0) is 19.3. The molecule has 2 rings (SSSR count). The first-order valence-electron chi connectivity index (χ1n) is 8.61. The molecule has 0 aliphatic heterocycles. The number of aryl methyl sites for hydroxylation is 1. The number of imidazole rings is 1. The minimum atomic E-state index is -0.569. The Morgan fingerprint density at radius 1 is 1.19 bits per heavy atom. The third-order valence-electron chi connectivity index (χ3n) is 4.00. The summed E-state index contributed by atoms with van der Waals surface area (Å²) in [6.45, 7) is 9.13. The number of hydrogen-bond donors (Lipinski definition) is 2. The molecule has 0 spiro atoms. The highest BCUT2D eigenvalue weighted by Gasteiger charge is 2.26. The van der Waals surface area contributed by atoms with Crippen molar-refractivity contribution in [2.24, 2.45) is 5.92 Å². The van der Waals surface area contributed by atoms with Crippen LogP contribution in [0.1, 0.15) is 36.0 Å². The average molecular weight is 375 g/mol. The Hall–Kier alpha value is -2.28. The van der Waals surface area contributed by atoms with Crippen LogP contribution >= 0.6 is 11.8 Å². The van der Waals surface area contributed by atoms with Gasteiger partial charge < -0.3 is 9.88 Å². The van der Waals surface area contributed by atoms with E-state index in [-0.39, 0.29) is 5.91 Å². The van der Waals surface area contributed by atoms with E-state index in [0.29, 0.717) is 5.92 Å². The number of benzene rings is 1. The van der Waals surface area contributed by atoms with Crippen molar-refractivity contribution in [3.05, 3.63) is 47.3 Å². The topological polar surface area (TPSA) is 76.0 Å². The van der Waals surface area contributed by atoms with Gasteiger partial charge in [0.05, 0.1) is 5.69 Å². The van der Waals surface area contributed by atoms with Crippen molar-refractivity contribution in [1.29, 1.82) is 0 Å². The van der Waals surface area contributed by atoms with Gasteiger partial charge in [0.2, 0.25) is 5.91 Å². The molecule has 0 aliphatic rings. The van der Waals surface area contributed by atoms with Crippen molar-refractivity contribution in [2.75, 3.05) is 7.05 Å². The molecule has 3 amide bonds. The van der Waals surface area contributed by atoms with Gasteiger partial charge in [-0.2, -0.15) is 0 Å². The van der Waals surface area contributed by atoms with E-state index >= 15 is 0 Å². The summed E-state index contributed by atoms with van der Waals surface area (Å²) in [6.07, 6.45) is 0. The van der Waals surface area contributed by atoms with E-state index in [1.54, 1.807) is 0 Å². The summed E-state index contributed by atoms with van der Waals surface area (Å²) in [5.74, 6) is 0.0893. The maximum Gasteiger partial charge on any atom is 0.321 e. The third-order valence-corrected chi connectivity index (χ3v) is 5.24. The van der Waals surface area contributed by atoms with Crippen molar-refractivity contribution in [3.8, 4) is 0 Å². The Morgan fingerprint density at radius 3 is 2.42 bits per heavy atom. The summed E-state index contributed by atoms with van der Waals surface area (Å²) in [5.41, 5.74) is 2.87. The van der Waals surface area contributed by atoms with Crippen LogP contribution in [0.3, 0.4) is 0 Å². The molecule has 1 aromatic carbocycles. The van der Waals surface area contributed by atoms with Crippen LogP contribution in [-0.4, -0.2) is 28.5 Å². The number of amides is 3. The molecular formula is C19H26N4O2S. The monoisotopic (exact) mass is 374 g/mol. The minimum absolute atomic E-state index is 0.366. The number of urea groups is 1. The van der Waals surface area contributed by atoms with E-state index in [4.69, 9.17) is 0 Å². The second-order valence-electron chi connectivity index (χ2n) is 6.55. The number of aromatic nitrogens is 2. The summed E-state index contributed by atoms with van der Waals surface area (Å²) < 4.78 is 2.15. The third kappa shape index (κ3) is 4.88. The summed E-state index contributed by atoms with van der Waals surface area (Å²) >= 11 is 1.37. The fourth-order valence-corrected chi connectivity index (χ4v) is 3.74. The zero-order valence-corrected chi connectivity index (χ0v) is 16.7. The number of hydrogen-bond acceptors (Lipinski definition) is 4. The molecule has 0 radical (unpaired) electrons.